The zero-order valence-electron chi connectivity index (χ0n) is 14.0. The third-order valence-electron chi connectivity index (χ3n) is 4.21. The first-order valence-electron chi connectivity index (χ1n) is 8.13. The summed E-state index contributed by atoms with van der Waals surface area (Å²) in [7, 11) is 0. The number of amides is 1. The fourth-order valence-electron chi connectivity index (χ4n) is 2.80. The number of nitrogens with one attached hydrogen (secondary N) is 1. The number of aryl methyl sites for hydroxylation is 2. The molecule has 1 atom stereocenters. The second kappa shape index (κ2) is 7.14. The van der Waals surface area contributed by atoms with Crippen molar-refractivity contribution < 1.29 is 4.79 Å². The second-order valence-corrected chi connectivity index (χ2v) is 6.04. The summed E-state index contributed by atoms with van der Waals surface area (Å²) in [5, 5.41) is 3.19. The summed E-state index contributed by atoms with van der Waals surface area (Å²) in [6, 6.07) is 25.9. The van der Waals surface area contributed by atoms with Gasteiger partial charge in [0.15, 0.2) is 0 Å². The van der Waals surface area contributed by atoms with Crippen LogP contribution < -0.4 is 5.32 Å². The quantitative estimate of drug-likeness (QED) is 0.734. The van der Waals surface area contributed by atoms with Crippen molar-refractivity contribution in [3.8, 4) is 0 Å². The highest BCUT2D eigenvalue weighted by Crippen LogP contribution is 2.23. The molecule has 0 aliphatic rings. The third-order valence-corrected chi connectivity index (χ3v) is 4.21. The molecule has 3 aromatic rings. The van der Waals surface area contributed by atoms with E-state index < -0.39 is 0 Å². The molecule has 0 radical (unpaired) electrons. The minimum Gasteiger partial charge on any atom is -0.341 e. The summed E-state index contributed by atoms with van der Waals surface area (Å²) in [6.07, 6.45) is 0. The topological polar surface area (TPSA) is 29.1 Å². The molecule has 0 spiro atoms. The lowest BCUT2D eigenvalue weighted by Crippen LogP contribution is -2.29. The zero-order valence-corrected chi connectivity index (χ0v) is 14.0. The molecule has 0 aliphatic heterocycles. The zero-order chi connectivity index (χ0) is 16.9. The van der Waals surface area contributed by atoms with Crippen molar-refractivity contribution in [3.63, 3.8) is 0 Å². The summed E-state index contributed by atoms with van der Waals surface area (Å²) in [6.45, 7) is 4.02. The maximum atomic E-state index is 12.8. The number of carbonyl (C=O) groups excluding carboxylic acids is 1. The minimum atomic E-state index is -0.168. The van der Waals surface area contributed by atoms with E-state index in [1.54, 1.807) is 0 Å². The van der Waals surface area contributed by atoms with Gasteiger partial charge in [-0.3, -0.25) is 4.79 Å². The second-order valence-electron chi connectivity index (χ2n) is 6.04. The van der Waals surface area contributed by atoms with E-state index in [2.05, 4.69) is 36.5 Å². The highest BCUT2D eigenvalue weighted by Gasteiger charge is 2.18. The van der Waals surface area contributed by atoms with Gasteiger partial charge in [-0.1, -0.05) is 78.4 Å². The van der Waals surface area contributed by atoms with Crippen LogP contribution in [0.4, 0.5) is 0 Å². The van der Waals surface area contributed by atoms with Crippen LogP contribution in [0.3, 0.4) is 0 Å². The molecule has 0 fully saturated rings. The van der Waals surface area contributed by atoms with Crippen molar-refractivity contribution in [3.05, 3.63) is 107 Å². The Morgan fingerprint density at radius 3 is 2.00 bits per heavy atom. The van der Waals surface area contributed by atoms with Gasteiger partial charge in [0.05, 0.1) is 6.04 Å². The molecule has 1 amide bonds. The smallest absolute Gasteiger partial charge is 0.252 e. The molecule has 0 bridgehead atoms. The van der Waals surface area contributed by atoms with Crippen LogP contribution in [0.25, 0.3) is 0 Å². The van der Waals surface area contributed by atoms with E-state index in [9.17, 15) is 4.79 Å². The Balaban J connectivity index is 1.95. The van der Waals surface area contributed by atoms with Gasteiger partial charge in [-0.25, -0.2) is 0 Å². The molecule has 2 nitrogen and oxygen atoms in total. The average Bonchev–Trinajstić information content (AvgIpc) is 2.61. The van der Waals surface area contributed by atoms with Gasteiger partial charge in [-0.15, -0.1) is 0 Å². The first kappa shape index (κ1) is 16.0. The molecule has 2 heteroatoms. The number of rotatable bonds is 4. The van der Waals surface area contributed by atoms with E-state index in [0.717, 1.165) is 16.7 Å². The molecule has 1 unspecified atom stereocenters. The van der Waals surface area contributed by atoms with Gasteiger partial charge in [0.2, 0.25) is 0 Å². The van der Waals surface area contributed by atoms with Crippen molar-refractivity contribution >= 4 is 5.91 Å². The van der Waals surface area contributed by atoms with Crippen LogP contribution in [0, 0.1) is 13.8 Å². The molecule has 0 saturated carbocycles. The summed E-state index contributed by atoms with van der Waals surface area (Å²) < 4.78 is 0. The van der Waals surface area contributed by atoms with Crippen LogP contribution in [-0.2, 0) is 0 Å². The van der Waals surface area contributed by atoms with Crippen molar-refractivity contribution in [1.29, 1.82) is 0 Å². The molecular formula is C22H21NO. The van der Waals surface area contributed by atoms with Gasteiger partial charge in [-0.2, -0.15) is 0 Å². The Hall–Kier alpha value is -2.87. The SMILES string of the molecule is Cc1ccc(C(NC(=O)c2ccccc2C)c2ccccc2)cc1. The van der Waals surface area contributed by atoms with Crippen LogP contribution >= 0.6 is 0 Å². The molecule has 3 aromatic carbocycles. The van der Waals surface area contributed by atoms with E-state index in [0.29, 0.717) is 5.56 Å². The summed E-state index contributed by atoms with van der Waals surface area (Å²) >= 11 is 0. The van der Waals surface area contributed by atoms with Crippen LogP contribution in [0.2, 0.25) is 0 Å². The van der Waals surface area contributed by atoms with E-state index in [-0.39, 0.29) is 11.9 Å². The monoisotopic (exact) mass is 315 g/mol. The number of benzene rings is 3. The van der Waals surface area contributed by atoms with E-state index in [4.69, 9.17) is 0 Å². The van der Waals surface area contributed by atoms with Crippen molar-refractivity contribution in [2.24, 2.45) is 0 Å². The number of carbonyl (C=O) groups is 1. The molecule has 0 aromatic heterocycles. The molecule has 120 valence electrons. The predicted molar refractivity (Wildman–Crippen MR) is 98.1 cm³/mol. The summed E-state index contributed by atoms with van der Waals surface area (Å²) in [4.78, 5) is 12.8. The average molecular weight is 315 g/mol. The van der Waals surface area contributed by atoms with Gasteiger partial charge >= 0.3 is 0 Å². The van der Waals surface area contributed by atoms with E-state index >= 15 is 0 Å². The maximum absolute atomic E-state index is 12.8. The van der Waals surface area contributed by atoms with Gasteiger partial charge in [0.25, 0.3) is 5.91 Å². The van der Waals surface area contributed by atoms with Crippen LogP contribution in [0.15, 0.2) is 78.9 Å². The highest BCUT2D eigenvalue weighted by molar-refractivity contribution is 5.96. The van der Waals surface area contributed by atoms with Gasteiger partial charge in [0, 0.05) is 5.56 Å². The molecule has 1 N–H and O–H groups in total. The normalized spacial score (nSPS) is 11.8. The Morgan fingerprint density at radius 2 is 1.33 bits per heavy atom. The van der Waals surface area contributed by atoms with E-state index in [1.807, 2.05) is 61.5 Å². The highest BCUT2D eigenvalue weighted by atomic mass is 16.1. The largest absolute Gasteiger partial charge is 0.341 e. The minimum absolute atomic E-state index is 0.0532. The summed E-state index contributed by atoms with van der Waals surface area (Å²) in [5.41, 5.74) is 5.05. The molecule has 0 aliphatic carbocycles. The van der Waals surface area contributed by atoms with Crippen molar-refractivity contribution in [1.82, 2.24) is 5.32 Å². The third kappa shape index (κ3) is 3.54. The molecule has 0 saturated heterocycles. The number of hydrogen-bond donors (Lipinski definition) is 1. The molecule has 0 heterocycles. The lowest BCUT2D eigenvalue weighted by molar-refractivity contribution is 0.0942. The Morgan fingerprint density at radius 1 is 0.750 bits per heavy atom. The Bertz CT molecular complexity index is 822. The fraction of sp³-hybridized carbons (Fsp3) is 0.136. The predicted octanol–water partition coefficient (Wildman–Crippen LogP) is 4.82. The Labute approximate surface area is 143 Å². The first-order chi connectivity index (χ1) is 11.6. The van der Waals surface area contributed by atoms with Gasteiger partial charge < -0.3 is 5.32 Å². The first-order valence-corrected chi connectivity index (χ1v) is 8.13. The molecular weight excluding hydrogens is 294 g/mol. The van der Waals surface area contributed by atoms with Crippen LogP contribution in [-0.4, -0.2) is 5.91 Å². The number of hydrogen-bond acceptors (Lipinski definition) is 1. The van der Waals surface area contributed by atoms with Gasteiger partial charge in [0.1, 0.15) is 0 Å². The lowest BCUT2D eigenvalue weighted by Gasteiger charge is -2.20. The summed E-state index contributed by atoms with van der Waals surface area (Å²) in [5.74, 6) is -0.0532. The standard InChI is InChI=1S/C22H21NO/c1-16-12-14-19(15-13-16)21(18-9-4-3-5-10-18)23-22(24)20-11-7-6-8-17(20)2/h3-15,21H,1-2H3,(H,23,24). The van der Waals surface area contributed by atoms with Crippen LogP contribution in [0.1, 0.15) is 38.7 Å². The van der Waals surface area contributed by atoms with E-state index in [1.165, 1.54) is 5.56 Å². The maximum Gasteiger partial charge on any atom is 0.252 e. The van der Waals surface area contributed by atoms with Crippen molar-refractivity contribution in [2.75, 3.05) is 0 Å². The van der Waals surface area contributed by atoms with Crippen molar-refractivity contribution in [2.45, 2.75) is 19.9 Å². The fourth-order valence-corrected chi connectivity index (χ4v) is 2.80. The van der Waals surface area contributed by atoms with Crippen LogP contribution in [0.5, 0.6) is 0 Å². The molecule has 3 rings (SSSR count). The molecule has 24 heavy (non-hydrogen) atoms. The Kier molecular flexibility index (Phi) is 4.76. The lowest BCUT2D eigenvalue weighted by atomic mass is 9.97. The van der Waals surface area contributed by atoms with Gasteiger partial charge in [-0.05, 0) is 36.6 Å².